The van der Waals surface area contributed by atoms with Gasteiger partial charge in [-0.05, 0) is 24.3 Å². The van der Waals surface area contributed by atoms with Gasteiger partial charge < -0.3 is 19.5 Å². The van der Waals surface area contributed by atoms with Crippen LogP contribution in [0.1, 0.15) is 6.42 Å². The van der Waals surface area contributed by atoms with Crippen molar-refractivity contribution >= 4 is 5.91 Å². The van der Waals surface area contributed by atoms with Gasteiger partial charge in [0.05, 0.1) is 19.6 Å². The number of hydrogen-bond acceptors (Lipinski definition) is 4. The van der Waals surface area contributed by atoms with Crippen LogP contribution in [0.4, 0.5) is 0 Å². The van der Waals surface area contributed by atoms with Crippen molar-refractivity contribution in [1.29, 1.82) is 0 Å². The molecule has 120 valence electrons. The number of para-hydroxylation sites is 3. The van der Waals surface area contributed by atoms with Crippen LogP contribution in [-0.2, 0) is 4.79 Å². The Hall–Kier alpha value is -2.69. The molecule has 5 nitrogen and oxygen atoms in total. The Labute approximate surface area is 135 Å². The maximum absolute atomic E-state index is 11.8. The van der Waals surface area contributed by atoms with E-state index in [9.17, 15) is 4.79 Å². The fourth-order valence-corrected chi connectivity index (χ4v) is 2.26. The van der Waals surface area contributed by atoms with Crippen molar-refractivity contribution in [3.8, 4) is 17.2 Å². The lowest BCUT2D eigenvalue weighted by molar-refractivity contribution is -0.122. The Morgan fingerprint density at radius 2 is 1.83 bits per heavy atom. The zero-order valence-corrected chi connectivity index (χ0v) is 12.7. The number of nitrogens with one attached hydrogen (secondary N) is 1. The van der Waals surface area contributed by atoms with Crippen molar-refractivity contribution in [1.82, 2.24) is 5.32 Å². The van der Waals surface area contributed by atoms with Gasteiger partial charge in [-0.15, -0.1) is 0 Å². The molecule has 1 heterocycles. The summed E-state index contributed by atoms with van der Waals surface area (Å²) in [5.41, 5.74) is 0. The lowest BCUT2D eigenvalue weighted by atomic mass is 10.2. The molecule has 0 saturated carbocycles. The van der Waals surface area contributed by atoms with Gasteiger partial charge in [-0.2, -0.15) is 0 Å². The van der Waals surface area contributed by atoms with Gasteiger partial charge in [0.15, 0.2) is 11.5 Å². The van der Waals surface area contributed by atoms with Gasteiger partial charge in [0.25, 0.3) is 0 Å². The smallest absolute Gasteiger partial charge is 0.223 e. The van der Waals surface area contributed by atoms with Crippen molar-refractivity contribution in [2.75, 3.05) is 19.8 Å². The molecule has 0 bridgehead atoms. The number of carbonyl (C=O) groups is 1. The molecule has 0 aromatic heterocycles. The summed E-state index contributed by atoms with van der Waals surface area (Å²) in [6, 6.07) is 17.0. The molecule has 2 aromatic rings. The molecule has 0 radical (unpaired) electrons. The van der Waals surface area contributed by atoms with E-state index in [1.54, 1.807) is 0 Å². The molecule has 1 N–H and O–H groups in total. The van der Waals surface area contributed by atoms with E-state index in [1.165, 1.54) is 0 Å². The first-order valence-corrected chi connectivity index (χ1v) is 7.64. The van der Waals surface area contributed by atoms with Crippen LogP contribution in [-0.4, -0.2) is 31.8 Å². The van der Waals surface area contributed by atoms with E-state index in [-0.39, 0.29) is 12.0 Å². The number of rotatable bonds is 6. The molecule has 0 fully saturated rings. The molecule has 0 aliphatic carbocycles. The molecule has 5 heteroatoms. The molecule has 23 heavy (non-hydrogen) atoms. The van der Waals surface area contributed by atoms with Crippen LogP contribution in [0.25, 0.3) is 0 Å². The minimum absolute atomic E-state index is 0.0663. The molecule has 3 rings (SSSR count). The Morgan fingerprint density at radius 1 is 1.09 bits per heavy atom. The van der Waals surface area contributed by atoms with E-state index in [0.29, 0.717) is 31.9 Å². The lowest BCUT2D eigenvalue weighted by Gasteiger charge is -2.26. The molecular formula is C18H19NO4. The summed E-state index contributed by atoms with van der Waals surface area (Å²) in [6.45, 7) is 1.19. The molecular weight excluding hydrogens is 294 g/mol. The molecule has 1 atom stereocenters. The quantitative estimate of drug-likeness (QED) is 0.890. The lowest BCUT2D eigenvalue weighted by Crippen LogP contribution is -2.41. The van der Waals surface area contributed by atoms with E-state index >= 15 is 0 Å². The highest BCUT2D eigenvalue weighted by molar-refractivity contribution is 5.76. The normalized spacial score (nSPS) is 15.7. The number of fused-ring (bicyclic) bond motifs is 1. The van der Waals surface area contributed by atoms with Gasteiger partial charge >= 0.3 is 0 Å². The van der Waals surface area contributed by atoms with E-state index < -0.39 is 0 Å². The monoisotopic (exact) mass is 313 g/mol. The van der Waals surface area contributed by atoms with Gasteiger partial charge in [0.2, 0.25) is 5.91 Å². The Morgan fingerprint density at radius 3 is 2.65 bits per heavy atom. The molecule has 1 aliphatic rings. The summed E-state index contributed by atoms with van der Waals surface area (Å²) in [5.74, 6) is 2.15. The van der Waals surface area contributed by atoms with Crippen molar-refractivity contribution < 1.29 is 19.0 Å². The zero-order valence-electron chi connectivity index (χ0n) is 12.7. The van der Waals surface area contributed by atoms with Gasteiger partial charge in [-0.25, -0.2) is 0 Å². The van der Waals surface area contributed by atoms with Crippen molar-refractivity contribution in [2.45, 2.75) is 12.5 Å². The van der Waals surface area contributed by atoms with Gasteiger partial charge in [0, 0.05) is 0 Å². The Bertz CT molecular complexity index is 644. The van der Waals surface area contributed by atoms with E-state index in [1.807, 2.05) is 54.6 Å². The van der Waals surface area contributed by atoms with E-state index in [4.69, 9.17) is 14.2 Å². The average Bonchev–Trinajstić information content (AvgIpc) is 2.61. The van der Waals surface area contributed by atoms with Gasteiger partial charge in [-0.3, -0.25) is 4.79 Å². The third kappa shape index (κ3) is 4.39. The van der Waals surface area contributed by atoms with Crippen LogP contribution in [0.3, 0.4) is 0 Å². The van der Waals surface area contributed by atoms with Crippen LogP contribution in [0.15, 0.2) is 54.6 Å². The third-order valence-corrected chi connectivity index (χ3v) is 3.44. The van der Waals surface area contributed by atoms with Crippen LogP contribution in [0.5, 0.6) is 17.2 Å². The Kier molecular flexibility index (Phi) is 4.99. The predicted octanol–water partition coefficient (Wildman–Crippen LogP) is 2.41. The standard InChI is InChI=1S/C18H19NO4/c20-18(10-11-21-14-6-2-1-3-7-14)19-12-15-13-22-16-8-4-5-9-17(16)23-15/h1-9,15H,10-13H2,(H,19,20)/t15-/m1/s1. The highest BCUT2D eigenvalue weighted by atomic mass is 16.6. The third-order valence-electron chi connectivity index (χ3n) is 3.44. The van der Waals surface area contributed by atoms with Crippen molar-refractivity contribution in [3.05, 3.63) is 54.6 Å². The van der Waals surface area contributed by atoms with Crippen LogP contribution >= 0.6 is 0 Å². The summed E-state index contributed by atoms with van der Waals surface area (Å²) in [5, 5.41) is 2.85. The maximum atomic E-state index is 11.8. The molecule has 1 aliphatic heterocycles. The highest BCUT2D eigenvalue weighted by Gasteiger charge is 2.20. The number of hydrogen-bond donors (Lipinski definition) is 1. The minimum atomic E-state index is -0.177. The topological polar surface area (TPSA) is 56.8 Å². The second-order valence-electron chi connectivity index (χ2n) is 5.21. The van der Waals surface area contributed by atoms with Gasteiger partial charge in [-0.1, -0.05) is 30.3 Å². The Balaban J connectivity index is 1.37. The van der Waals surface area contributed by atoms with Gasteiger partial charge in [0.1, 0.15) is 18.5 Å². The van der Waals surface area contributed by atoms with Crippen molar-refractivity contribution in [2.24, 2.45) is 0 Å². The molecule has 0 saturated heterocycles. The van der Waals surface area contributed by atoms with E-state index in [2.05, 4.69) is 5.32 Å². The molecule has 0 spiro atoms. The van der Waals surface area contributed by atoms with Crippen LogP contribution in [0.2, 0.25) is 0 Å². The van der Waals surface area contributed by atoms with Crippen LogP contribution in [0, 0.1) is 0 Å². The summed E-state index contributed by atoms with van der Waals surface area (Å²) >= 11 is 0. The second-order valence-corrected chi connectivity index (χ2v) is 5.21. The first-order valence-electron chi connectivity index (χ1n) is 7.64. The molecule has 2 aromatic carbocycles. The summed E-state index contributed by atoms with van der Waals surface area (Å²) in [6.07, 6.45) is 0.128. The number of ether oxygens (including phenoxy) is 3. The first kappa shape index (κ1) is 15.2. The average molecular weight is 313 g/mol. The number of benzene rings is 2. The van der Waals surface area contributed by atoms with Crippen LogP contribution < -0.4 is 19.5 Å². The second kappa shape index (κ2) is 7.54. The summed E-state index contributed by atoms with van der Waals surface area (Å²) < 4.78 is 16.9. The summed E-state index contributed by atoms with van der Waals surface area (Å²) in [7, 11) is 0. The molecule has 0 unspecified atom stereocenters. The zero-order chi connectivity index (χ0) is 15.9. The molecule has 1 amide bonds. The SMILES string of the molecule is O=C(CCOc1ccccc1)NC[C@@H]1COc2ccccc2O1. The highest BCUT2D eigenvalue weighted by Crippen LogP contribution is 2.30. The fraction of sp³-hybridized carbons (Fsp3) is 0.278. The predicted molar refractivity (Wildman–Crippen MR) is 85.9 cm³/mol. The van der Waals surface area contributed by atoms with Crippen molar-refractivity contribution in [3.63, 3.8) is 0 Å². The fourth-order valence-electron chi connectivity index (χ4n) is 2.26. The number of carbonyl (C=O) groups excluding carboxylic acids is 1. The first-order chi connectivity index (χ1) is 11.3. The number of amides is 1. The minimum Gasteiger partial charge on any atom is -0.493 e. The largest absolute Gasteiger partial charge is 0.493 e. The summed E-state index contributed by atoms with van der Waals surface area (Å²) in [4.78, 5) is 11.8. The van der Waals surface area contributed by atoms with E-state index in [0.717, 1.165) is 11.5 Å². The maximum Gasteiger partial charge on any atom is 0.223 e.